The molecule has 0 amide bonds. The minimum absolute atomic E-state index is 0.511. The Balaban J connectivity index is 1.53. The molecule has 0 saturated heterocycles. The molecule has 2 saturated carbocycles. The zero-order valence-electron chi connectivity index (χ0n) is 12.2. The van der Waals surface area contributed by atoms with Crippen LogP contribution in [0.2, 0.25) is 0 Å². The highest BCUT2D eigenvalue weighted by atomic mass is 32.1. The van der Waals surface area contributed by atoms with E-state index in [2.05, 4.69) is 17.2 Å². The molecule has 0 aliphatic heterocycles. The van der Waals surface area contributed by atoms with E-state index in [1.165, 1.54) is 25.7 Å². The second-order valence-electron chi connectivity index (χ2n) is 6.01. The predicted molar refractivity (Wildman–Crippen MR) is 90.7 cm³/mol. The summed E-state index contributed by atoms with van der Waals surface area (Å²) in [5.74, 6) is 2.56. The van der Waals surface area contributed by atoms with Crippen molar-refractivity contribution in [1.29, 1.82) is 0 Å². The van der Waals surface area contributed by atoms with E-state index in [1.807, 2.05) is 24.3 Å². The van der Waals surface area contributed by atoms with Crippen LogP contribution in [0, 0.1) is 11.8 Å². The van der Waals surface area contributed by atoms with Crippen LogP contribution in [0.5, 0.6) is 5.75 Å². The summed E-state index contributed by atoms with van der Waals surface area (Å²) in [6, 6.07) is 8.40. The van der Waals surface area contributed by atoms with Crippen LogP contribution in [0.15, 0.2) is 36.9 Å². The Labute approximate surface area is 131 Å². The van der Waals surface area contributed by atoms with Crippen LogP contribution in [0.25, 0.3) is 0 Å². The third-order valence-corrected chi connectivity index (χ3v) is 4.73. The molecule has 4 heteroatoms. The van der Waals surface area contributed by atoms with Crippen molar-refractivity contribution in [3.8, 4) is 5.75 Å². The van der Waals surface area contributed by atoms with E-state index in [-0.39, 0.29) is 0 Å². The molecule has 2 bridgehead atoms. The standard InChI is InChI=1S/C17H22N2OS/c1-2-8-20-15-5-3-4-14(11-15)18-17(21)19-16-10-12-6-7-13(16)9-12/h2-5,11-13,16H,1,6-10H2,(H2,18,19,21)/t12-,13+,16+/m0/s1. The molecule has 21 heavy (non-hydrogen) atoms. The topological polar surface area (TPSA) is 33.3 Å². The summed E-state index contributed by atoms with van der Waals surface area (Å²) in [6.45, 7) is 4.16. The Bertz CT molecular complexity index is 531. The number of thiocarbonyl (C=S) groups is 1. The Kier molecular flexibility index (Phi) is 4.44. The molecule has 2 aliphatic carbocycles. The fourth-order valence-electron chi connectivity index (χ4n) is 3.58. The zero-order chi connectivity index (χ0) is 14.7. The third kappa shape index (κ3) is 3.56. The van der Waals surface area contributed by atoms with Crippen LogP contribution in [0.1, 0.15) is 25.7 Å². The van der Waals surface area contributed by atoms with Gasteiger partial charge in [0.1, 0.15) is 12.4 Å². The quantitative estimate of drug-likeness (QED) is 0.641. The minimum Gasteiger partial charge on any atom is -0.489 e. The van der Waals surface area contributed by atoms with Crippen molar-refractivity contribution in [1.82, 2.24) is 5.32 Å². The first-order valence-electron chi connectivity index (χ1n) is 7.66. The molecule has 1 aromatic rings. The predicted octanol–water partition coefficient (Wildman–Crippen LogP) is 3.73. The molecule has 3 atom stereocenters. The molecular formula is C17H22N2OS. The lowest BCUT2D eigenvalue weighted by Gasteiger charge is -2.24. The van der Waals surface area contributed by atoms with E-state index in [0.717, 1.165) is 23.3 Å². The third-order valence-electron chi connectivity index (χ3n) is 4.51. The number of hydrogen-bond donors (Lipinski definition) is 2. The number of nitrogens with one attached hydrogen (secondary N) is 2. The summed E-state index contributed by atoms with van der Waals surface area (Å²) < 4.78 is 5.53. The molecule has 112 valence electrons. The van der Waals surface area contributed by atoms with Gasteiger partial charge in [0.15, 0.2) is 5.11 Å². The number of hydrogen-bond acceptors (Lipinski definition) is 2. The number of benzene rings is 1. The van der Waals surface area contributed by atoms with Crippen LogP contribution >= 0.6 is 12.2 Å². The molecule has 0 radical (unpaired) electrons. The smallest absolute Gasteiger partial charge is 0.171 e. The van der Waals surface area contributed by atoms with Gasteiger partial charge in [-0.2, -0.15) is 0 Å². The van der Waals surface area contributed by atoms with E-state index < -0.39 is 0 Å². The van der Waals surface area contributed by atoms with Gasteiger partial charge in [0.05, 0.1) is 0 Å². The van der Waals surface area contributed by atoms with E-state index in [1.54, 1.807) is 6.08 Å². The number of anilines is 1. The van der Waals surface area contributed by atoms with Crippen LogP contribution in [0.4, 0.5) is 5.69 Å². The summed E-state index contributed by atoms with van der Waals surface area (Å²) >= 11 is 5.44. The fourth-order valence-corrected chi connectivity index (χ4v) is 3.85. The van der Waals surface area contributed by atoms with Crippen LogP contribution in [-0.2, 0) is 0 Å². The first kappa shape index (κ1) is 14.4. The summed E-state index contributed by atoms with van der Waals surface area (Å²) in [5, 5.41) is 7.46. The van der Waals surface area contributed by atoms with Crippen LogP contribution < -0.4 is 15.4 Å². The Morgan fingerprint density at radius 3 is 3.00 bits per heavy atom. The highest BCUT2D eigenvalue weighted by Crippen LogP contribution is 2.44. The van der Waals surface area contributed by atoms with E-state index in [9.17, 15) is 0 Å². The highest BCUT2D eigenvalue weighted by Gasteiger charge is 2.39. The summed E-state index contributed by atoms with van der Waals surface area (Å²) in [7, 11) is 0. The van der Waals surface area contributed by atoms with Crippen LogP contribution in [-0.4, -0.2) is 17.8 Å². The lowest BCUT2D eigenvalue weighted by Crippen LogP contribution is -2.40. The lowest BCUT2D eigenvalue weighted by atomic mass is 9.96. The van der Waals surface area contributed by atoms with E-state index >= 15 is 0 Å². The molecule has 2 aliphatic rings. The molecule has 2 N–H and O–H groups in total. The molecule has 0 unspecified atom stereocenters. The van der Waals surface area contributed by atoms with Gasteiger partial charge < -0.3 is 15.4 Å². The molecule has 0 heterocycles. The first-order valence-corrected chi connectivity index (χ1v) is 8.06. The molecule has 2 fully saturated rings. The Morgan fingerprint density at radius 2 is 2.29 bits per heavy atom. The largest absolute Gasteiger partial charge is 0.489 e. The van der Waals surface area contributed by atoms with Crippen molar-refractivity contribution < 1.29 is 4.74 Å². The average Bonchev–Trinajstić information content (AvgIpc) is 3.08. The molecular weight excluding hydrogens is 280 g/mol. The van der Waals surface area contributed by atoms with Crippen molar-refractivity contribution >= 4 is 23.0 Å². The average molecular weight is 302 g/mol. The molecule has 3 rings (SSSR count). The van der Waals surface area contributed by atoms with Gasteiger partial charge in [0, 0.05) is 17.8 Å². The van der Waals surface area contributed by atoms with Gasteiger partial charge in [0.2, 0.25) is 0 Å². The van der Waals surface area contributed by atoms with Gasteiger partial charge in [-0.05, 0) is 55.4 Å². The number of rotatable bonds is 5. The Morgan fingerprint density at radius 1 is 1.38 bits per heavy atom. The molecule has 0 spiro atoms. The maximum absolute atomic E-state index is 5.53. The molecule has 1 aromatic carbocycles. The molecule has 3 nitrogen and oxygen atoms in total. The molecule has 0 aromatic heterocycles. The van der Waals surface area contributed by atoms with Gasteiger partial charge in [-0.15, -0.1) is 0 Å². The fraction of sp³-hybridized carbons (Fsp3) is 0.471. The summed E-state index contributed by atoms with van der Waals surface area (Å²) in [6.07, 6.45) is 7.16. The number of ether oxygens (including phenoxy) is 1. The summed E-state index contributed by atoms with van der Waals surface area (Å²) in [5.41, 5.74) is 0.956. The highest BCUT2D eigenvalue weighted by molar-refractivity contribution is 7.80. The number of fused-ring (bicyclic) bond motifs is 2. The monoisotopic (exact) mass is 302 g/mol. The van der Waals surface area contributed by atoms with Crippen molar-refractivity contribution in [2.45, 2.75) is 31.7 Å². The summed E-state index contributed by atoms with van der Waals surface area (Å²) in [4.78, 5) is 0. The van der Waals surface area contributed by atoms with Gasteiger partial charge >= 0.3 is 0 Å². The Hall–Kier alpha value is -1.55. The lowest BCUT2D eigenvalue weighted by molar-refractivity contribution is 0.363. The van der Waals surface area contributed by atoms with Crippen molar-refractivity contribution in [3.63, 3.8) is 0 Å². The second kappa shape index (κ2) is 6.48. The van der Waals surface area contributed by atoms with Gasteiger partial charge in [0.25, 0.3) is 0 Å². The second-order valence-corrected chi connectivity index (χ2v) is 6.42. The van der Waals surface area contributed by atoms with Crippen LogP contribution in [0.3, 0.4) is 0 Å². The first-order chi connectivity index (χ1) is 10.2. The maximum Gasteiger partial charge on any atom is 0.171 e. The van der Waals surface area contributed by atoms with E-state index in [0.29, 0.717) is 17.8 Å². The van der Waals surface area contributed by atoms with Gasteiger partial charge in [-0.25, -0.2) is 0 Å². The minimum atomic E-state index is 0.511. The van der Waals surface area contributed by atoms with E-state index in [4.69, 9.17) is 17.0 Å². The van der Waals surface area contributed by atoms with Gasteiger partial charge in [-0.1, -0.05) is 25.1 Å². The maximum atomic E-state index is 5.53. The van der Waals surface area contributed by atoms with Gasteiger partial charge in [-0.3, -0.25) is 0 Å². The normalized spacial score (nSPS) is 26.4. The van der Waals surface area contributed by atoms with Crippen molar-refractivity contribution in [2.75, 3.05) is 11.9 Å². The zero-order valence-corrected chi connectivity index (χ0v) is 13.0. The van der Waals surface area contributed by atoms with Crippen molar-refractivity contribution in [2.24, 2.45) is 11.8 Å². The SMILES string of the molecule is C=CCOc1cccc(NC(=S)N[C@@H]2C[C@H]3CC[C@@H]2C3)c1. The van der Waals surface area contributed by atoms with Crippen molar-refractivity contribution in [3.05, 3.63) is 36.9 Å².